The van der Waals surface area contributed by atoms with E-state index in [0.29, 0.717) is 5.91 Å². The average molecular weight is 222 g/mol. The van der Waals surface area contributed by atoms with E-state index in [-0.39, 0.29) is 5.54 Å². The van der Waals surface area contributed by atoms with E-state index < -0.39 is 0 Å². The summed E-state index contributed by atoms with van der Waals surface area (Å²) in [5.41, 5.74) is -0.0969. The van der Waals surface area contributed by atoms with Crippen molar-refractivity contribution in [2.45, 2.75) is 51.0 Å². The van der Waals surface area contributed by atoms with Crippen LogP contribution in [0.5, 0.6) is 0 Å². The van der Waals surface area contributed by atoms with Gasteiger partial charge in [-0.15, -0.1) is 0 Å². The molecule has 0 radical (unpaired) electrons. The number of hydrogen-bond acceptors (Lipinski definition) is 2. The third kappa shape index (κ3) is 1.75. The fraction of sp³-hybridized carbons (Fsp3) is 0.923. The number of amides is 1. The summed E-state index contributed by atoms with van der Waals surface area (Å²) in [7, 11) is 0. The molecule has 3 fully saturated rings. The summed E-state index contributed by atoms with van der Waals surface area (Å²) in [6.45, 7) is 4.14. The summed E-state index contributed by atoms with van der Waals surface area (Å²) < 4.78 is 0. The lowest BCUT2D eigenvalue weighted by molar-refractivity contribution is -0.130. The molecule has 2 saturated carbocycles. The highest BCUT2D eigenvalue weighted by Gasteiger charge is 2.55. The van der Waals surface area contributed by atoms with E-state index in [1.807, 2.05) is 0 Å². The molecular formula is C13H22N2O. The Morgan fingerprint density at radius 2 is 2.25 bits per heavy atom. The van der Waals surface area contributed by atoms with Gasteiger partial charge in [0.2, 0.25) is 5.91 Å². The number of nitrogens with one attached hydrogen (secondary N) is 1. The lowest BCUT2D eigenvalue weighted by atomic mass is 9.82. The molecule has 0 aromatic rings. The van der Waals surface area contributed by atoms with Crippen LogP contribution in [0.1, 0.15) is 45.4 Å². The molecule has 90 valence electrons. The molecule has 2 unspecified atom stereocenters. The largest absolute Gasteiger partial charge is 0.328 e. The highest BCUT2D eigenvalue weighted by molar-refractivity contribution is 5.91. The third-order valence-electron chi connectivity index (χ3n) is 4.58. The summed E-state index contributed by atoms with van der Waals surface area (Å²) in [4.78, 5) is 14.2. The number of hydrogen-bond donors (Lipinski definition) is 1. The van der Waals surface area contributed by atoms with Crippen LogP contribution >= 0.6 is 0 Å². The molecule has 0 aromatic carbocycles. The topological polar surface area (TPSA) is 32.3 Å². The Hall–Kier alpha value is -0.570. The summed E-state index contributed by atoms with van der Waals surface area (Å²) in [6, 6.07) is 0. The first-order valence-corrected chi connectivity index (χ1v) is 6.74. The van der Waals surface area contributed by atoms with Crippen molar-refractivity contribution in [3.63, 3.8) is 0 Å². The first kappa shape index (κ1) is 10.6. The Bertz CT molecular complexity index is 298. The van der Waals surface area contributed by atoms with Crippen LogP contribution in [0.3, 0.4) is 0 Å². The molecule has 0 aromatic heterocycles. The fourth-order valence-corrected chi connectivity index (χ4v) is 3.40. The molecule has 1 saturated heterocycles. The van der Waals surface area contributed by atoms with Gasteiger partial charge in [-0.1, -0.05) is 19.8 Å². The molecule has 1 amide bonds. The normalized spacial score (nSPS) is 37.1. The third-order valence-corrected chi connectivity index (χ3v) is 4.58. The molecule has 3 heteroatoms. The van der Waals surface area contributed by atoms with Crippen molar-refractivity contribution in [2.75, 3.05) is 13.2 Å². The maximum Gasteiger partial charge on any atom is 0.243 e. The molecule has 16 heavy (non-hydrogen) atoms. The van der Waals surface area contributed by atoms with Crippen LogP contribution in [-0.2, 0) is 4.79 Å². The number of carbonyl (C=O) groups is 1. The van der Waals surface area contributed by atoms with Crippen LogP contribution in [0, 0.1) is 11.8 Å². The molecule has 1 aliphatic heterocycles. The zero-order chi connectivity index (χ0) is 11.2. The smallest absolute Gasteiger partial charge is 0.243 e. The van der Waals surface area contributed by atoms with Gasteiger partial charge in [-0.3, -0.25) is 10.1 Å². The maximum atomic E-state index is 12.1. The summed E-state index contributed by atoms with van der Waals surface area (Å²) in [5.74, 6) is 1.99. The second-order valence-electron chi connectivity index (χ2n) is 6.08. The van der Waals surface area contributed by atoms with Gasteiger partial charge in [-0.2, -0.15) is 0 Å². The second kappa shape index (κ2) is 3.73. The Balaban J connectivity index is 1.57. The standard InChI is InChI=1S/C13H22N2O/c1-10-3-2-4-11(7-10)8-15-9-14-13(5-6-13)12(15)16/h10-11,14H,2-9H2,1H3. The van der Waals surface area contributed by atoms with E-state index in [4.69, 9.17) is 0 Å². The Morgan fingerprint density at radius 1 is 1.44 bits per heavy atom. The number of rotatable bonds is 2. The van der Waals surface area contributed by atoms with Crippen LogP contribution in [0.25, 0.3) is 0 Å². The van der Waals surface area contributed by atoms with Crippen molar-refractivity contribution in [2.24, 2.45) is 11.8 Å². The van der Waals surface area contributed by atoms with E-state index in [0.717, 1.165) is 37.9 Å². The first-order valence-electron chi connectivity index (χ1n) is 6.74. The van der Waals surface area contributed by atoms with Crippen LogP contribution in [0.2, 0.25) is 0 Å². The predicted octanol–water partition coefficient (Wildman–Crippen LogP) is 1.73. The zero-order valence-corrected chi connectivity index (χ0v) is 10.2. The van der Waals surface area contributed by atoms with Gasteiger partial charge >= 0.3 is 0 Å². The van der Waals surface area contributed by atoms with Gasteiger partial charge in [-0.05, 0) is 37.5 Å². The highest BCUT2D eigenvalue weighted by atomic mass is 16.2. The SMILES string of the molecule is CC1CCCC(CN2CNC3(CC3)C2=O)C1. The monoisotopic (exact) mass is 222 g/mol. The van der Waals surface area contributed by atoms with Crippen molar-refractivity contribution in [3.05, 3.63) is 0 Å². The van der Waals surface area contributed by atoms with E-state index in [1.165, 1.54) is 25.7 Å². The van der Waals surface area contributed by atoms with E-state index in [9.17, 15) is 4.79 Å². The van der Waals surface area contributed by atoms with Crippen molar-refractivity contribution in [1.29, 1.82) is 0 Å². The van der Waals surface area contributed by atoms with Gasteiger partial charge in [0.1, 0.15) is 0 Å². The predicted molar refractivity (Wildman–Crippen MR) is 62.8 cm³/mol. The summed E-state index contributed by atoms with van der Waals surface area (Å²) in [5, 5.41) is 3.38. The highest BCUT2D eigenvalue weighted by Crippen LogP contribution is 2.41. The molecule has 3 nitrogen and oxygen atoms in total. The van der Waals surface area contributed by atoms with Gasteiger partial charge in [-0.25, -0.2) is 0 Å². The van der Waals surface area contributed by atoms with Crippen LogP contribution < -0.4 is 5.32 Å². The van der Waals surface area contributed by atoms with Crippen LogP contribution in [0.15, 0.2) is 0 Å². The van der Waals surface area contributed by atoms with E-state index >= 15 is 0 Å². The molecule has 3 rings (SSSR count). The molecule has 0 bridgehead atoms. The number of nitrogens with zero attached hydrogens (tertiary/aromatic N) is 1. The van der Waals surface area contributed by atoms with Crippen molar-refractivity contribution < 1.29 is 4.79 Å². The van der Waals surface area contributed by atoms with Gasteiger partial charge in [0.05, 0.1) is 12.2 Å². The van der Waals surface area contributed by atoms with Gasteiger partial charge in [0, 0.05) is 6.54 Å². The van der Waals surface area contributed by atoms with Gasteiger partial charge in [0.25, 0.3) is 0 Å². The van der Waals surface area contributed by atoms with Crippen LogP contribution in [0.4, 0.5) is 0 Å². The second-order valence-corrected chi connectivity index (χ2v) is 6.08. The zero-order valence-electron chi connectivity index (χ0n) is 10.2. The molecule has 2 atom stereocenters. The lowest BCUT2D eigenvalue weighted by Gasteiger charge is -2.30. The molecule has 1 spiro atoms. The minimum Gasteiger partial charge on any atom is -0.328 e. The van der Waals surface area contributed by atoms with E-state index in [2.05, 4.69) is 17.1 Å². The van der Waals surface area contributed by atoms with Crippen LogP contribution in [-0.4, -0.2) is 29.6 Å². The van der Waals surface area contributed by atoms with Crippen molar-refractivity contribution >= 4 is 5.91 Å². The molecule has 2 aliphatic carbocycles. The van der Waals surface area contributed by atoms with Gasteiger partial charge in [0.15, 0.2) is 0 Å². The Kier molecular flexibility index (Phi) is 2.46. The fourth-order valence-electron chi connectivity index (χ4n) is 3.40. The molecular weight excluding hydrogens is 200 g/mol. The summed E-state index contributed by atoms with van der Waals surface area (Å²) in [6.07, 6.45) is 7.49. The molecule has 1 heterocycles. The first-order chi connectivity index (χ1) is 7.70. The minimum atomic E-state index is -0.0969. The minimum absolute atomic E-state index is 0.0969. The van der Waals surface area contributed by atoms with Gasteiger partial charge < -0.3 is 4.90 Å². The average Bonchev–Trinajstić information content (AvgIpc) is 2.98. The number of carbonyl (C=O) groups excluding carboxylic acids is 1. The Labute approximate surface area is 97.6 Å². The van der Waals surface area contributed by atoms with Crippen molar-refractivity contribution in [3.8, 4) is 0 Å². The quantitative estimate of drug-likeness (QED) is 0.772. The Morgan fingerprint density at radius 3 is 2.88 bits per heavy atom. The van der Waals surface area contributed by atoms with E-state index in [1.54, 1.807) is 0 Å². The maximum absolute atomic E-state index is 12.1. The summed E-state index contributed by atoms with van der Waals surface area (Å²) >= 11 is 0. The molecule has 1 N–H and O–H groups in total. The molecule has 3 aliphatic rings. The lowest BCUT2D eigenvalue weighted by Crippen LogP contribution is -2.36. The van der Waals surface area contributed by atoms with Crippen molar-refractivity contribution in [1.82, 2.24) is 10.2 Å².